The van der Waals surface area contributed by atoms with Crippen molar-refractivity contribution < 1.29 is 10.2 Å². The molecule has 3 rings (SSSR count). The maximum absolute atomic E-state index is 10.3. The van der Waals surface area contributed by atoms with Crippen molar-refractivity contribution >= 4 is 11.1 Å². The lowest BCUT2D eigenvalue weighted by Crippen LogP contribution is -1.96. The van der Waals surface area contributed by atoms with Crippen molar-refractivity contribution in [3.63, 3.8) is 0 Å². The van der Waals surface area contributed by atoms with Crippen molar-refractivity contribution in [1.29, 1.82) is 0 Å². The maximum atomic E-state index is 10.3. The molecule has 0 fully saturated rings. The number of hydrogen-bond donors (Lipinski definition) is 2. The molecule has 20 heavy (non-hydrogen) atoms. The Balaban J connectivity index is 1.98. The molecule has 2 aliphatic carbocycles. The molecule has 0 aromatic heterocycles. The molecule has 106 valence electrons. The molecular weight excluding hydrogens is 248 g/mol. The van der Waals surface area contributed by atoms with Crippen LogP contribution in [0.3, 0.4) is 0 Å². The summed E-state index contributed by atoms with van der Waals surface area (Å²) in [6.45, 7) is 0. The van der Waals surface area contributed by atoms with Crippen LogP contribution < -0.4 is 0 Å². The highest BCUT2D eigenvalue weighted by molar-refractivity contribution is 5.78. The lowest BCUT2D eigenvalue weighted by Gasteiger charge is -2.18. The number of hydrogen-bond acceptors (Lipinski definition) is 2. The van der Waals surface area contributed by atoms with Crippen LogP contribution in [0.4, 0.5) is 0 Å². The van der Waals surface area contributed by atoms with Crippen molar-refractivity contribution in [2.75, 3.05) is 0 Å². The summed E-state index contributed by atoms with van der Waals surface area (Å²) in [4.78, 5) is 0. The third-order valence-corrected chi connectivity index (χ3v) is 4.39. The molecule has 0 saturated carbocycles. The zero-order chi connectivity index (χ0) is 13.9. The van der Waals surface area contributed by atoms with E-state index in [2.05, 4.69) is 12.2 Å². The van der Waals surface area contributed by atoms with E-state index in [4.69, 9.17) is 0 Å². The minimum Gasteiger partial charge on any atom is -0.507 e. The highest BCUT2D eigenvalue weighted by Crippen LogP contribution is 2.40. The number of phenolic OH excluding ortho intramolecular Hbond substituents is 2. The van der Waals surface area contributed by atoms with Gasteiger partial charge in [0.1, 0.15) is 11.5 Å². The number of phenols is 2. The summed E-state index contributed by atoms with van der Waals surface area (Å²) in [6, 6.07) is 3.49. The fourth-order valence-electron chi connectivity index (χ4n) is 3.26. The van der Waals surface area contributed by atoms with Crippen LogP contribution in [0.5, 0.6) is 11.5 Å². The molecule has 0 aliphatic heterocycles. The number of allylic oxidation sites excluding steroid dienone is 4. The van der Waals surface area contributed by atoms with Gasteiger partial charge in [-0.2, -0.15) is 0 Å². The Morgan fingerprint density at radius 3 is 1.45 bits per heavy atom. The van der Waals surface area contributed by atoms with E-state index in [1.54, 1.807) is 12.1 Å². The first-order chi connectivity index (χ1) is 9.75. The summed E-state index contributed by atoms with van der Waals surface area (Å²) in [5.41, 5.74) is 3.96. The van der Waals surface area contributed by atoms with E-state index in [1.165, 1.54) is 36.8 Å². The van der Waals surface area contributed by atoms with Gasteiger partial charge in [-0.05, 0) is 74.6 Å². The highest BCUT2D eigenvalue weighted by atomic mass is 16.3. The zero-order valence-corrected chi connectivity index (χ0v) is 11.9. The Kier molecular flexibility index (Phi) is 3.81. The standard InChI is InChI=1S/C18H22O2/c19-17-12-16(14-9-5-2-6-10-14)18(20)11-15(17)13-7-3-1-4-8-13/h7,9,11-12,19-20H,1-6,8,10H2. The van der Waals surface area contributed by atoms with Gasteiger partial charge in [-0.1, -0.05) is 12.2 Å². The fourth-order valence-corrected chi connectivity index (χ4v) is 3.26. The molecule has 0 heterocycles. The van der Waals surface area contributed by atoms with Gasteiger partial charge in [0.2, 0.25) is 0 Å². The molecule has 0 bridgehead atoms. The minimum absolute atomic E-state index is 0.303. The largest absolute Gasteiger partial charge is 0.507 e. The second-order valence-corrected chi connectivity index (χ2v) is 5.84. The summed E-state index contributed by atoms with van der Waals surface area (Å²) in [6.07, 6.45) is 13.3. The molecule has 1 aromatic carbocycles. The van der Waals surface area contributed by atoms with Gasteiger partial charge >= 0.3 is 0 Å². The third kappa shape index (κ3) is 2.60. The summed E-state index contributed by atoms with van der Waals surface area (Å²) < 4.78 is 0. The van der Waals surface area contributed by atoms with E-state index < -0.39 is 0 Å². The Morgan fingerprint density at radius 2 is 1.10 bits per heavy atom. The zero-order valence-electron chi connectivity index (χ0n) is 11.9. The average Bonchev–Trinajstić information content (AvgIpc) is 2.51. The van der Waals surface area contributed by atoms with Crippen LogP contribution in [0.25, 0.3) is 11.1 Å². The second-order valence-electron chi connectivity index (χ2n) is 5.84. The van der Waals surface area contributed by atoms with E-state index >= 15 is 0 Å². The molecule has 2 heteroatoms. The Hall–Kier alpha value is -1.70. The predicted molar refractivity (Wildman–Crippen MR) is 82.7 cm³/mol. The van der Waals surface area contributed by atoms with Crippen LogP contribution >= 0.6 is 0 Å². The molecule has 0 unspecified atom stereocenters. The van der Waals surface area contributed by atoms with Crippen LogP contribution in [0, 0.1) is 0 Å². The van der Waals surface area contributed by atoms with Crippen LogP contribution in [0.15, 0.2) is 24.3 Å². The summed E-state index contributed by atoms with van der Waals surface area (Å²) >= 11 is 0. The molecule has 0 radical (unpaired) electrons. The SMILES string of the molecule is Oc1cc(C2=CCCCC2)c(O)cc1C1=CCCCC1. The molecule has 0 spiro atoms. The molecule has 2 aliphatic rings. The van der Waals surface area contributed by atoms with Gasteiger partial charge in [-0.15, -0.1) is 0 Å². The number of rotatable bonds is 2. The molecule has 0 amide bonds. The topological polar surface area (TPSA) is 40.5 Å². The first-order valence-electron chi connectivity index (χ1n) is 7.70. The quantitative estimate of drug-likeness (QED) is 0.741. The van der Waals surface area contributed by atoms with Gasteiger partial charge in [0.25, 0.3) is 0 Å². The van der Waals surface area contributed by atoms with E-state index in [0.717, 1.165) is 36.8 Å². The van der Waals surface area contributed by atoms with Crippen molar-refractivity contribution in [2.45, 2.75) is 51.4 Å². The average molecular weight is 270 g/mol. The van der Waals surface area contributed by atoms with E-state index in [9.17, 15) is 10.2 Å². The second kappa shape index (κ2) is 5.74. The van der Waals surface area contributed by atoms with E-state index in [0.29, 0.717) is 11.5 Å². The van der Waals surface area contributed by atoms with Crippen LogP contribution in [-0.2, 0) is 0 Å². The Morgan fingerprint density at radius 1 is 0.650 bits per heavy atom. The normalized spacial score (nSPS) is 19.4. The lowest BCUT2D eigenvalue weighted by molar-refractivity contribution is 0.456. The smallest absolute Gasteiger partial charge is 0.123 e. The van der Waals surface area contributed by atoms with Crippen molar-refractivity contribution in [3.05, 3.63) is 35.4 Å². The van der Waals surface area contributed by atoms with E-state index in [1.807, 2.05) is 0 Å². The van der Waals surface area contributed by atoms with Crippen LogP contribution in [-0.4, -0.2) is 10.2 Å². The van der Waals surface area contributed by atoms with Crippen LogP contribution in [0.1, 0.15) is 62.5 Å². The maximum Gasteiger partial charge on any atom is 0.123 e. The van der Waals surface area contributed by atoms with Crippen molar-refractivity contribution in [1.82, 2.24) is 0 Å². The molecule has 0 atom stereocenters. The van der Waals surface area contributed by atoms with Gasteiger partial charge < -0.3 is 10.2 Å². The fraction of sp³-hybridized carbons (Fsp3) is 0.444. The summed E-state index contributed by atoms with van der Waals surface area (Å²) in [5.74, 6) is 0.606. The Bertz CT molecular complexity index is 515. The van der Waals surface area contributed by atoms with Crippen LogP contribution in [0.2, 0.25) is 0 Å². The van der Waals surface area contributed by atoms with Crippen molar-refractivity contribution in [3.8, 4) is 11.5 Å². The van der Waals surface area contributed by atoms with Crippen molar-refractivity contribution in [2.24, 2.45) is 0 Å². The third-order valence-electron chi connectivity index (χ3n) is 4.39. The first-order valence-corrected chi connectivity index (χ1v) is 7.70. The van der Waals surface area contributed by atoms with Gasteiger partial charge in [0.05, 0.1) is 0 Å². The molecule has 0 saturated heterocycles. The van der Waals surface area contributed by atoms with Gasteiger partial charge in [-0.3, -0.25) is 0 Å². The highest BCUT2D eigenvalue weighted by Gasteiger charge is 2.17. The summed E-state index contributed by atoms with van der Waals surface area (Å²) in [7, 11) is 0. The predicted octanol–water partition coefficient (Wildman–Crippen LogP) is 5.01. The molecule has 2 N–H and O–H groups in total. The van der Waals surface area contributed by atoms with Gasteiger partial charge in [-0.25, -0.2) is 0 Å². The first kappa shape index (κ1) is 13.3. The van der Waals surface area contributed by atoms with Gasteiger partial charge in [0, 0.05) is 11.1 Å². The summed E-state index contributed by atoms with van der Waals surface area (Å²) in [5, 5.41) is 20.6. The monoisotopic (exact) mass is 270 g/mol. The molecular formula is C18H22O2. The Labute approximate surface area is 120 Å². The number of aromatic hydroxyl groups is 2. The molecule has 2 nitrogen and oxygen atoms in total. The lowest BCUT2D eigenvalue weighted by atomic mass is 9.89. The van der Waals surface area contributed by atoms with E-state index in [-0.39, 0.29) is 0 Å². The van der Waals surface area contributed by atoms with Gasteiger partial charge in [0.15, 0.2) is 0 Å². The molecule has 1 aromatic rings. The number of benzene rings is 1. The minimum atomic E-state index is 0.303.